The van der Waals surface area contributed by atoms with Crippen LogP contribution in [0.4, 0.5) is 10.1 Å². The third kappa shape index (κ3) is 5.91. The molecule has 0 bridgehead atoms. The molecule has 0 radical (unpaired) electrons. The van der Waals surface area contributed by atoms with Gasteiger partial charge in [0.2, 0.25) is 11.8 Å². The first-order valence-electron chi connectivity index (χ1n) is 10.7. The highest BCUT2D eigenvalue weighted by atomic mass is 35.5. The number of carbonyl (C=O) groups is 2. The molecule has 1 aliphatic carbocycles. The van der Waals surface area contributed by atoms with E-state index in [2.05, 4.69) is 25.4 Å². The highest BCUT2D eigenvalue weighted by Crippen LogP contribution is 2.38. The first-order chi connectivity index (χ1) is 16.0. The number of hydrogen-bond acceptors (Lipinski definition) is 5. The summed E-state index contributed by atoms with van der Waals surface area (Å²) in [7, 11) is 0. The Kier molecular flexibility index (Phi) is 7.61. The number of benzene rings is 2. The van der Waals surface area contributed by atoms with E-state index in [0.29, 0.717) is 21.7 Å². The van der Waals surface area contributed by atoms with Gasteiger partial charge in [-0.15, -0.1) is 10.2 Å². The Labute approximate surface area is 200 Å². The van der Waals surface area contributed by atoms with Crippen LogP contribution in [0.25, 0.3) is 11.4 Å². The molecule has 3 aromatic rings. The average Bonchev–Trinajstić information content (AvgIpc) is 3.48. The molecule has 10 heteroatoms. The van der Waals surface area contributed by atoms with Crippen LogP contribution in [0.1, 0.15) is 31.7 Å². The number of halogens is 2. The normalized spacial score (nSPS) is 13.8. The number of amides is 2. The lowest BCUT2D eigenvalue weighted by Gasteiger charge is -2.17. The molecule has 1 fully saturated rings. The molecular weight excluding hydrogens is 465 g/mol. The van der Waals surface area contributed by atoms with Crippen LogP contribution < -0.4 is 10.6 Å². The summed E-state index contributed by atoms with van der Waals surface area (Å²) in [4.78, 5) is 24.4. The van der Waals surface area contributed by atoms with Crippen LogP contribution in [-0.2, 0) is 9.59 Å². The molecule has 2 amide bonds. The van der Waals surface area contributed by atoms with E-state index < -0.39 is 5.91 Å². The Hall–Kier alpha value is -2.91. The number of anilines is 1. The van der Waals surface area contributed by atoms with Crippen molar-refractivity contribution in [2.24, 2.45) is 0 Å². The van der Waals surface area contributed by atoms with Gasteiger partial charge in [-0.25, -0.2) is 4.39 Å². The first kappa shape index (κ1) is 23.3. The lowest BCUT2D eigenvalue weighted by molar-refractivity contribution is -0.122. The molecule has 1 aromatic heterocycles. The fourth-order valence-electron chi connectivity index (χ4n) is 3.79. The fourth-order valence-corrected chi connectivity index (χ4v) is 4.85. The second-order valence-electron chi connectivity index (χ2n) is 7.71. The monoisotopic (exact) mass is 487 g/mol. The van der Waals surface area contributed by atoms with Crippen LogP contribution in [0.5, 0.6) is 0 Å². The molecule has 0 unspecified atom stereocenters. The molecule has 172 valence electrons. The van der Waals surface area contributed by atoms with Crippen molar-refractivity contribution in [3.63, 3.8) is 0 Å². The Morgan fingerprint density at radius 2 is 1.79 bits per heavy atom. The van der Waals surface area contributed by atoms with Crippen LogP contribution in [0.2, 0.25) is 5.02 Å². The topological polar surface area (TPSA) is 88.9 Å². The van der Waals surface area contributed by atoms with Gasteiger partial charge in [-0.3, -0.25) is 14.2 Å². The molecule has 0 spiro atoms. The molecule has 7 nitrogen and oxygen atoms in total. The van der Waals surface area contributed by atoms with Gasteiger partial charge < -0.3 is 10.6 Å². The summed E-state index contributed by atoms with van der Waals surface area (Å²) in [6.45, 7) is -0.184. The van der Waals surface area contributed by atoms with Crippen molar-refractivity contribution >= 4 is 40.9 Å². The Morgan fingerprint density at radius 3 is 2.52 bits per heavy atom. The van der Waals surface area contributed by atoms with Gasteiger partial charge in [0, 0.05) is 17.3 Å². The van der Waals surface area contributed by atoms with Crippen molar-refractivity contribution in [2.75, 3.05) is 17.6 Å². The number of nitrogens with zero attached hydrogens (tertiary/aromatic N) is 3. The Morgan fingerprint density at radius 1 is 1.06 bits per heavy atom. The van der Waals surface area contributed by atoms with E-state index in [4.69, 9.17) is 11.6 Å². The maximum atomic E-state index is 13.0. The minimum atomic E-state index is -0.393. The molecule has 33 heavy (non-hydrogen) atoms. The molecule has 0 aliphatic heterocycles. The second-order valence-corrected chi connectivity index (χ2v) is 9.06. The summed E-state index contributed by atoms with van der Waals surface area (Å²) in [5.74, 6) is -0.280. The molecular formula is C23H23ClFN5O2S. The number of carbonyl (C=O) groups excluding carboxylic acids is 2. The molecule has 1 saturated carbocycles. The molecule has 4 rings (SSSR count). The minimum absolute atomic E-state index is 0.0944. The number of hydrogen-bond donors (Lipinski definition) is 2. The SMILES string of the molecule is O=C(CSc1nnc(-c2ccccc2Cl)n1C1CCCC1)NCC(=O)Nc1ccc(F)cc1. The van der Waals surface area contributed by atoms with Gasteiger partial charge in [-0.05, 0) is 49.2 Å². The van der Waals surface area contributed by atoms with Crippen molar-refractivity contribution in [2.45, 2.75) is 36.9 Å². The van der Waals surface area contributed by atoms with E-state index in [9.17, 15) is 14.0 Å². The van der Waals surface area contributed by atoms with Gasteiger partial charge in [-0.2, -0.15) is 0 Å². The first-order valence-corrected chi connectivity index (χ1v) is 12.0. The number of nitrogens with one attached hydrogen (secondary N) is 2. The summed E-state index contributed by atoms with van der Waals surface area (Å²) in [6.07, 6.45) is 4.33. The maximum Gasteiger partial charge on any atom is 0.243 e. The van der Waals surface area contributed by atoms with Gasteiger partial charge in [0.05, 0.1) is 17.3 Å². The highest BCUT2D eigenvalue weighted by molar-refractivity contribution is 7.99. The largest absolute Gasteiger partial charge is 0.346 e. The minimum Gasteiger partial charge on any atom is -0.346 e. The van der Waals surface area contributed by atoms with Crippen LogP contribution in [-0.4, -0.2) is 38.9 Å². The summed E-state index contributed by atoms with van der Waals surface area (Å²) in [6, 6.07) is 13.2. The predicted octanol–water partition coefficient (Wildman–Crippen LogP) is 4.70. The Balaban J connectivity index is 1.37. The van der Waals surface area contributed by atoms with Crippen LogP contribution >= 0.6 is 23.4 Å². The third-order valence-corrected chi connectivity index (χ3v) is 6.65. The maximum absolute atomic E-state index is 13.0. The van der Waals surface area contributed by atoms with E-state index in [1.165, 1.54) is 36.0 Å². The molecule has 2 aromatic carbocycles. The van der Waals surface area contributed by atoms with Gasteiger partial charge >= 0.3 is 0 Å². The van der Waals surface area contributed by atoms with Gasteiger partial charge in [0.1, 0.15) is 5.82 Å². The molecule has 0 saturated heterocycles. The van der Waals surface area contributed by atoms with E-state index in [-0.39, 0.29) is 30.1 Å². The number of aromatic nitrogens is 3. The molecule has 1 aliphatic rings. The van der Waals surface area contributed by atoms with Crippen LogP contribution in [0, 0.1) is 5.82 Å². The number of thioether (sulfide) groups is 1. The molecule has 1 heterocycles. The van der Waals surface area contributed by atoms with Crippen molar-refractivity contribution < 1.29 is 14.0 Å². The fraction of sp³-hybridized carbons (Fsp3) is 0.304. The standard InChI is InChI=1S/C23H23ClFN5O2S/c24-19-8-4-3-7-18(19)22-28-29-23(30(22)17-5-1-2-6-17)33-14-21(32)26-13-20(31)27-16-11-9-15(25)10-12-16/h3-4,7-12,17H,1-2,5-6,13-14H2,(H,26,32)(H,27,31). The summed E-state index contributed by atoms with van der Waals surface area (Å²) in [5, 5.41) is 15.2. The van der Waals surface area contributed by atoms with E-state index in [1.54, 1.807) is 0 Å². The lowest BCUT2D eigenvalue weighted by Crippen LogP contribution is -2.34. The van der Waals surface area contributed by atoms with E-state index in [0.717, 1.165) is 31.2 Å². The predicted molar refractivity (Wildman–Crippen MR) is 127 cm³/mol. The zero-order chi connectivity index (χ0) is 23.2. The molecule has 2 N–H and O–H groups in total. The Bertz CT molecular complexity index is 1130. The second kappa shape index (κ2) is 10.8. The van der Waals surface area contributed by atoms with Crippen LogP contribution in [0.3, 0.4) is 0 Å². The van der Waals surface area contributed by atoms with Crippen molar-refractivity contribution in [3.05, 3.63) is 59.4 Å². The molecule has 0 atom stereocenters. The highest BCUT2D eigenvalue weighted by Gasteiger charge is 2.26. The van der Waals surface area contributed by atoms with E-state index >= 15 is 0 Å². The van der Waals surface area contributed by atoms with Crippen molar-refractivity contribution in [3.8, 4) is 11.4 Å². The number of rotatable bonds is 8. The van der Waals surface area contributed by atoms with Crippen LogP contribution in [0.15, 0.2) is 53.7 Å². The zero-order valence-electron chi connectivity index (χ0n) is 17.8. The quantitative estimate of drug-likeness (QED) is 0.449. The lowest BCUT2D eigenvalue weighted by atomic mass is 10.2. The van der Waals surface area contributed by atoms with Crippen molar-refractivity contribution in [1.82, 2.24) is 20.1 Å². The smallest absolute Gasteiger partial charge is 0.243 e. The zero-order valence-corrected chi connectivity index (χ0v) is 19.3. The summed E-state index contributed by atoms with van der Waals surface area (Å²) < 4.78 is 15.0. The van der Waals surface area contributed by atoms with E-state index in [1.807, 2.05) is 24.3 Å². The summed E-state index contributed by atoms with van der Waals surface area (Å²) >= 11 is 7.68. The van der Waals surface area contributed by atoms with Gasteiger partial charge in [-0.1, -0.05) is 48.3 Å². The average molecular weight is 488 g/mol. The van der Waals surface area contributed by atoms with Gasteiger partial charge in [0.15, 0.2) is 11.0 Å². The third-order valence-electron chi connectivity index (χ3n) is 5.38. The summed E-state index contributed by atoms with van der Waals surface area (Å²) in [5.41, 5.74) is 1.27. The van der Waals surface area contributed by atoms with Crippen molar-refractivity contribution in [1.29, 1.82) is 0 Å². The van der Waals surface area contributed by atoms with Gasteiger partial charge in [0.25, 0.3) is 0 Å².